The molecule has 2 amide bonds. The fourth-order valence-corrected chi connectivity index (χ4v) is 2.06. The predicted octanol–water partition coefficient (Wildman–Crippen LogP) is 1.10. The number of rotatable bonds is 2. The fourth-order valence-electron chi connectivity index (χ4n) is 2.06. The van der Waals surface area contributed by atoms with Gasteiger partial charge >= 0.3 is 12.0 Å². The second-order valence-electron chi connectivity index (χ2n) is 4.18. The van der Waals surface area contributed by atoms with E-state index in [0.717, 1.165) is 5.56 Å². The van der Waals surface area contributed by atoms with Crippen molar-refractivity contribution in [1.82, 2.24) is 5.32 Å². The van der Waals surface area contributed by atoms with Gasteiger partial charge < -0.3 is 19.9 Å². The molecule has 0 aliphatic carbocycles. The van der Waals surface area contributed by atoms with Crippen LogP contribution in [0.1, 0.15) is 18.0 Å². The number of aliphatic imine (C=N–C) groups is 1. The topological polar surface area (TPSA) is 97.2 Å². The number of nitrogens with zero attached hydrogens (tertiary/aromatic N) is 1. The summed E-state index contributed by atoms with van der Waals surface area (Å²) in [4.78, 5) is 25.7. The first-order valence-electron chi connectivity index (χ1n) is 5.64. The fraction of sp³-hybridized carbons (Fsp3) is 0.250. The van der Waals surface area contributed by atoms with Crippen LogP contribution in [0.4, 0.5) is 4.79 Å². The Labute approximate surface area is 107 Å². The Kier molecular flexibility index (Phi) is 2.59. The predicted molar refractivity (Wildman–Crippen MR) is 63.5 cm³/mol. The van der Waals surface area contributed by atoms with Gasteiger partial charge in [-0.05, 0) is 17.7 Å². The van der Waals surface area contributed by atoms with Crippen molar-refractivity contribution in [3.63, 3.8) is 0 Å². The summed E-state index contributed by atoms with van der Waals surface area (Å²) in [7, 11) is 0. The number of carbonyl (C=O) groups excluding carboxylic acids is 1. The number of hydrogen-bond donors (Lipinski definition) is 2. The van der Waals surface area contributed by atoms with Crippen molar-refractivity contribution in [3.05, 3.63) is 23.8 Å². The molecule has 2 N–H and O–H groups in total. The first kappa shape index (κ1) is 11.5. The molecule has 2 aliphatic rings. The number of ether oxygens (including phenoxy) is 2. The molecule has 0 fully saturated rings. The van der Waals surface area contributed by atoms with E-state index in [1.165, 1.54) is 0 Å². The molecule has 1 atom stereocenters. The van der Waals surface area contributed by atoms with Crippen molar-refractivity contribution < 1.29 is 24.2 Å². The monoisotopic (exact) mass is 262 g/mol. The van der Waals surface area contributed by atoms with Crippen molar-refractivity contribution >= 4 is 17.7 Å². The largest absolute Gasteiger partial charge is 0.477 e. The van der Waals surface area contributed by atoms with Crippen LogP contribution < -0.4 is 14.8 Å². The lowest BCUT2D eigenvalue weighted by Gasteiger charge is -2.21. The number of carboxylic acids is 1. The molecule has 7 heteroatoms. The number of hydrogen-bond acceptors (Lipinski definition) is 4. The summed E-state index contributed by atoms with van der Waals surface area (Å²) in [5.41, 5.74) is 0.609. The molecule has 0 saturated carbocycles. The molecule has 0 radical (unpaired) electrons. The molecule has 2 aliphatic heterocycles. The van der Waals surface area contributed by atoms with Gasteiger partial charge in [-0.25, -0.2) is 9.59 Å². The highest BCUT2D eigenvalue weighted by molar-refractivity contribution is 6.37. The number of nitrogens with one attached hydrogen (secondary N) is 1. The standard InChI is InChI=1S/C12H10N2O5/c15-11(16)8-4-7(13-12(17)14-8)6-1-2-9-10(3-6)19-5-18-9/h1-3,7H,4-5H2,(H,13,17)(H,15,16). The molecule has 0 aromatic heterocycles. The van der Waals surface area contributed by atoms with E-state index in [2.05, 4.69) is 10.3 Å². The SMILES string of the molecule is O=C1N=C(C(=O)O)CC(c2ccc3c(c2)OCO3)N1. The minimum Gasteiger partial charge on any atom is -0.477 e. The van der Waals surface area contributed by atoms with Crippen molar-refractivity contribution in [2.45, 2.75) is 12.5 Å². The maximum Gasteiger partial charge on any atom is 0.350 e. The van der Waals surface area contributed by atoms with E-state index in [0.29, 0.717) is 11.5 Å². The van der Waals surface area contributed by atoms with Crippen molar-refractivity contribution in [1.29, 1.82) is 0 Å². The Balaban J connectivity index is 1.89. The molecule has 1 aromatic carbocycles. The minimum atomic E-state index is -1.18. The van der Waals surface area contributed by atoms with Crippen LogP contribution in [0, 0.1) is 0 Å². The molecule has 98 valence electrons. The molecule has 7 nitrogen and oxygen atoms in total. The normalized spacial score (nSPS) is 20.7. The number of amides is 2. The van der Waals surface area contributed by atoms with Gasteiger partial charge in [0.2, 0.25) is 6.79 Å². The van der Waals surface area contributed by atoms with Gasteiger partial charge in [0.05, 0.1) is 6.04 Å². The highest BCUT2D eigenvalue weighted by Crippen LogP contribution is 2.35. The summed E-state index contributed by atoms with van der Waals surface area (Å²) >= 11 is 0. The number of carboxylic acid groups (broad SMARTS) is 1. The Morgan fingerprint density at radius 1 is 1.37 bits per heavy atom. The third-order valence-corrected chi connectivity index (χ3v) is 2.98. The third-order valence-electron chi connectivity index (χ3n) is 2.98. The van der Waals surface area contributed by atoms with Gasteiger partial charge in [0.15, 0.2) is 11.5 Å². The van der Waals surface area contributed by atoms with Gasteiger partial charge in [0, 0.05) is 6.42 Å². The maximum atomic E-state index is 11.4. The summed E-state index contributed by atoms with van der Waals surface area (Å²) in [5, 5.41) is 11.5. The van der Waals surface area contributed by atoms with E-state index < -0.39 is 18.0 Å². The average molecular weight is 262 g/mol. The Hall–Kier alpha value is -2.57. The Bertz CT molecular complexity index is 596. The lowest BCUT2D eigenvalue weighted by Crippen LogP contribution is -2.35. The van der Waals surface area contributed by atoms with E-state index >= 15 is 0 Å². The van der Waals surface area contributed by atoms with E-state index in [1.54, 1.807) is 18.2 Å². The number of aliphatic carboxylic acids is 1. The highest BCUT2D eigenvalue weighted by atomic mass is 16.7. The van der Waals surface area contributed by atoms with E-state index in [4.69, 9.17) is 14.6 Å². The number of carbonyl (C=O) groups is 2. The molecule has 1 aromatic rings. The lowest BCUT2D eigenvalue weighted by molar-refractivity contribution is -0.129. The van der Waals surface area contributed by atoms with Crippen LogP contribution in [0.15, 0.2) is 23.2 Å². The molecule has 3 rings (SSSR count). The van der Waals surface area contributed by atoms with Crippen molar-refractivity contribution in [3.8, 4) is 11.5 Å². The zero-order chi connectivity index (χ0) is 13.4. The summed E-state index contributed by atoms with van der Waals surface area (Å²) in [6.45, 7) is 0.164. The van der Waals surface area contributed by atoms with Gasteiger partial charge in [-0.1, -0.05) is 6.07 Å². The summed E-state index contributed by atoms with van der Waals surface area (Å²) in [5.74, 6) is 0.0461. The molecule has 0 bridgehead atoms. The Morgan fingerprint density at radius 2 is 2.16 bits per heavy atom. The maximum absolute atomic E-state index is 11.4. The first-order chi connectivity index (χ1) is 9.13. The zero-order valence-corrected chi connectivity index (χ0v) is 9.75. The molecule has 0 spiro atoms. The summed E-state index contributed by atoms with van der Waals surface area (Å²) in [6.07, 6.45) is 0.140. The minimum absolute atomic E-state index is 0.140. The van der Waals surface area contributed by atoms with Crippen molar-refractivity contribution in [2.75, 3.05) is 6.79 Å². The van der Waals surface area contributed by atoms with Crippen LogP contribution in [-0.4, -0.2) is 29.6 Å². The average Bonchev–Trinajstić information content (AvgIpc) is 2.85. The first-order valence-corrected chi connectivity index (χ1v) is 5.64. The zero-order valence-electron chi connectivity index (χ0n) is 9.75. The van der Waals surface area contributed by atoms with Gasteiger partial charge in [-0.2, -0.15) is 4.99 Å². The number of urea groups is 1. The second kappa shape index (κ2) is 4.27. The van der Waals surface area contributed by atoms with Crippen LogP contribution in [0.25, 0.3) is 0 Å². The Morgan fingerprint density at radius 3 is 2.95 bits per heavy atom. The van der Waals surface area contributed by atoms with Gasteiger partial charge in [-0.15, -0.1) is 0 Å². The van der Waals surface area contributed by atoms with E-state index in [1.807, 2.05) is 0 Å². The molecule has 2 heterocycles. The van der Waals surface area contributed by atoms with E-state index in [9.17, 15) is 9.59 Å². The van der Waals surface area contributed by atoms with Gasteiger partial charge in [-0.3, -0.25) is 0 Å². The van der Waals surface area contributed by atoms with Crippen LogP contribution in [0.5, 0.6) is 11.5 Å². The molecule has 19 heavy (non-hydrogen) atoms. The van der Waals surface area contributed by atoms with Crippen LogP contribution in [0.3, 0.4) is 0 Å². The van der Waals surface area contributed by atoms with Crippen LogP contribution in [0.2, 0.25) is 0 Å². The molecule has 1 unspecified atom stereocenters. The molecule has 0 saturated heterocycles. The van der Waals surface area contributed by atoms with Gasteiger partial charge in [0.25, 0.3) is 0 Å². The summed E-state index contributed by atoms with van der Waals surface area (Å²) in [6, 6.07) is 4.16. The van der Waals surface area contributed by atoms with Gasteiger partial charge in [0.1, 0.15) is 5.71 Å². The lowest BCUT2D eigenvalue weighted by atomic mass is 9.99. The van der Waals surface area contributed by atoms with Crippen LogP contribution in [-0.2, 0) is 4.79 Å². The van der Waals surface area contributed by atoms with Crippen molar-refractivity contribution in [2.24, 2.45) is 4.99 Å². The number of fused-ring (bicyclic) bond motifs is 1. The smallest absolute Gasteiger partial charge is 0.350 e. The number of benzene rings is 1. The van der Waals surface area contributed by atoms with E-state index in [-0.39, 0.29) is 18.9 Å². The molecular weight excluding hydrogens is 252 g/mol. The summed E-state index contributed by atoms with van der Waals surface area (Å²) < 4.78 is 10.4. The van der Waals surface area contributed by atoms with Crippen LogP contribution >= 0.6 is 0 Å². The third kappa shape index (κ3) is 2.10. The highest BCUT2D eigenvalue weighted by Gasteiger charge is 2.27. The second-order valence-corrected chi connectivity index (χ2v) is 4.18. The quantitative estimate of drug-likeness (QED) is 0.831. The molecular formula is C12H10N2O5.